The van der Waals surface area contributed by atoms with Crippen LogP contribution in [0.1, 0.15) is 28.8 Å². The molecule has 0 bridgehead atoms. The quantitative estimate of drug-likeness (QED) is 0.784. The van der Waals surface area contributed by atoms with E-state index in [-0.39, 0.29) is 23.5 Å². The Morgan fingerprint density at radius 3 is 2.40 bits per heavy atom. The number of carbonyl (C=O) groups is 1. The van der Waals surface area contributed by atoms with Crippen LogP contribution < -0.4 is 10.0 Å². The van der Waals surface area contributed by atoms with Gasteiger partial charge in [-0.1, -0.05) is 0 Å². The Balaban J connectivity index is 2.09. The van der Waals surface area contributed by atoms with Gasteiger partial charge in [0, 0.05) is 18.8 Å². The molecule has 0 aliphatic heterocycles. The summed E-state index contributed by atoms with van der Waals surface area (Å²) in [6, 6.07) is 7.26. The van der Waals surface area contributed by atoms with E-state index in [2.05, 4.69) is 10.0 Å². The summed E-state index contributed by atoms with van der Waals surface area (Å²) in [4.78, 5) is 12.3. The van der Waals surface area contributed by atoms with Gasteiger partial charge < -0.3 is 14.5 Å². The first-order valence-electron chi connectivity index (χ1n) is 7.72. The molecule has 7 nitrogen and oxygen atoms in total. The third-order valence-electron chi connectivity index (χ3n) is 3.48. The van der Waals surface area contributed by atoms with Crippen LogP contribution in [0.4, 0.5) is 5.69 Å². The van der Waals surface area contributed by atoms with E-state index in [1.54, 1.807) is 26.8 Å². The van der Waals surface area contributed by atoms with Crippen molar-refractivity contribution in [1.82, 2.24) is 4.72 Å². The summed E-state index contributed by atoms with van der Waals surface area (Å²) in [5, 5.41) is 2.72. The summed E-state index contributed by atoms with van der Waals surface area (Å²) in [7, 11) is -2.13. The predicted octanol–water partition coefficient (Wildman–Crippen LogP) is 2.46. The van der Waals surface area contributed by atoms with E-state index in [1.165, 1.54) is 31.4 Å². The Kier molecular flexibility index (Phi) is 5.99. The minimum atomic E-state index is -3.64. The van der Waals surface area contributed by atoms with Gasteiger partial charge >= 0.3 is 0 Å². The standard InChI is InChI=1S/C17H22N2O5S/c1-11(10-23-4)19-25(21,22)15-7-5-14(6-8-15)18-17(20)16-9-12(2)24-13(16)3/h5-9,11,19H,10H2,1-4H3,(H,18,20). The van der Waals surface area contributed by atoms with E-state index < -0.39 is 10.0 Å². The van der Waals surface area contributed by atoms with Crippen LogP contribution in [0.2, 0.25) is 0 Å². The van der Waals surface area contributed by atoms with Crippen LogP contribution in [-0.2, 0) is 14.8 Å². The SMILES string of the molecule is COCC(C)NS(=O)(=O)c1ccc(NC(=O)c2cc(C)oc2C)cc1. The summed E-state index contributed by atoms with van der Waals surface area (Å²) in [5.41, 5.74) is 0.941. The van der Waals surface area contributed by atoms with Crippen LogP contribution in [0.25, 0.3) is 0 Å². The predicted molar refractivity (Wildman–Crippen MR) is 94.2 cm³/mol. The lowest BCUT2D eigenvalue weighted by atomic mass is 10.2. The van der Waals surface area contributed by atoms with Gasteiger partial charge in [-0.3, -0.25) is 4.79 Å². The number of rotatable bonds is 7. The van der Waals surface area contributed by atoms with Crippen LogP contribution in [0.5, 0.6) is 0 Å². The fourth-order valence-corrected chi connectivity index (χ4v) is 3.62. The van der Waals surface area contributed by atoms with Crippen molar-refractivity contribution in [3.05, 3.63) is 47.4 Å². The highest BCUT2D eigenvalue weighted by molar-refractivity contribution is 7.89. The Morgan fingerprint density at radius 2 is 1.88 bits per heavy atom. The van der Waals surface area contributed by atoms with Gasteiger partial charge in [-0.15, -0.1) is 0 Å². The molecule has 1 aromatic carbocycles. The molecule has 8 heteroatoms. The van der Waals surface area contributed by atoms with Crippen LogP contribution in [-0.4, -0.2) is 34.1 Å². The highest BCUT2D eigenvalue weighted by Crippen LogP contribution is 2.18. The Morgan fingerprint density at radius 1 is 1.24 bits per heavy atom. The summed E-state index contributed by atoms with van der Waals surface area (Å²) in [6.07, 6.45) is 0. The number of methoxy groups -OCH3 is 1. The van der Waals surface area contributed by atoms with Gasteiger partial charge in [0.2, 0.25) is 10.0 Å². The summed E-state index contributed by atoms with van der Waals surface area (Å²) >= 11 is 0. The minimum absolute atomic E-state index is 0.115. The van der Waals surface area contributed by atoms with Crippen molar-refractivity contribution in [1.29, 1.82) is 0 Å². The maximum Gasteiger partial charge on any atom is 0.259 e. The second kappa shape index (κ2) is 7.81. The molecule has 2 rings (SSSR count). The smallest absolute Gasteiger partial charge is 0.259 e. The van der Waals surface area contributed by atoms with Crippen LogP contribution in [0, 0.1) is 13.8 Å². The third-order valence-corrected chi connectivity index (χ3v) is 5.09. The number of hydrogen-bond acceptors (Lipinski definition) is 5. The van der Waals surface area contributed by atoms with Gasteiger partial charge in [-0.05, 0) is 51.1 Å². The van der Waals surface area contributed by atoms with E-state index in [9.17, 15) is 13.2 Å². The fourth-order valence-electron chi connectivity index (χ4n) is 2.39. The molecule has 1 aromatic heterocycles. The molecule has 2 N–H and O–H groups in total. The Labute approximate surface area is 147 Å². The zero-order valence-corrected chi connectivity index (χ0v) is 15.4. The van der Waals surface area contributed by atoms with E-state index in [0.717, 1.165) is 0 Å². The number of carbonyl (C=O) groups excluding carboxylic acids is 1. The molecule has 1 unspecified atom stereocenters. The number of ether oxygens (including phenoxy) is 1. The van der Waals surface area contributed by atoms with Crippen molar-refractivity contribution < 1.29 is 22.4 Å². The van der Waals surface area contributed by atoms with Crippen molar-refractivity contribution in [2.75, 3.05) is 19.0 Å². The van der Waals surface area contributed by atoms with Gasteiger partial charge in [0.05, 0.1) is 17.1 Å². The van der Waals surface area contributed by atoms with E-state index in [1.807, 2.05) is 0 Å². The van der Waals surface area contributed by atoms with Gasteiger partial charge in [0.1, 0.15) is 11.5 Å². The molecule has 0 saturated carbocycles. The second-order valence-electron chi connectivity index (χ2n) is 5.78. The van der Waals surface area contributed by atoms with Crippen molar-refractivity contribution in [2.45, 2.75) is 31.7 Å². The van der Waals surface area contributed by atoms with Crippen molar-refractivity contribution >= 4 is 21.6 Å². The molecule has 0 aliphatic carbocycles. The molecule has 0 aliphatic rings. The maximum absolute atomic E-state index is 12.3. The number of nitrogens with one attached hydrogen (secondary N) is 2. The summed E-state index contributed by atoms with van der Waals surface area (Å²) in [5.74, 6) is 0.877. The second-order valence-corrected chi connectivity index (χ2v) is 7.50. The first kappa shape index (κ1) is 19.2. The molecule has 1 atom stereocenters. The number of sulfonamides is 1. The van der Waals surface area contributed by atoms with Crippen molar-refractivity contribution in [3.8, 4) is 0 Å². The number of amides is 1. The third kappa shape index (κ3) is 4.91. The first-order chi connectivity index (χ1) is 11.7. The zero-order chi connectivity index (χ0) is 18.6. The van der Waals surface area contributed by atoms with Crippen molar-refractivity contribution in [2.24, 2.45) is 0 Å². The molecule has 0 fully saturated rings. The minimum Gasteiger partial charge on any atom is -0.466 e. The monoisotopic (exact) mass is 366 g/mol. The van der Waals surface area contributed by atoms with Crippen LogP contribution >= 0.6 is 0 Å². The molecule has 0 radical (unpaired) electrons. The largest absolute Gasteiger partial charge is 0.466 e. The molecule has 0 saturated heterocycles. The van der Waals surface area contributed by atoms with Gasteiger partial charge in [0.15, 0.2) is 0 Å². The molecule has 0 spiro atoms. The number of anilines is 1. The molecule has 2 aromatic rings. The molecular formula is C17H22N2O5S. The van der Waals surface area contributed by atoms with E-state index in [4.69, 9.17) is 9.15 Å². The van der Waals surface area contributed by atoms with Crippen molar-refractivity contribution in [3.63, 3.8) is 0 Å². The molecular weight excluding hydrogens is 344 g/mol. The average Bonchev–Trinajstić information content (AvgIpc) is 2.86. The molecule has 1 amide bonds. The highest BCUT2D eigenvalue weighted by atomic mass is 32.2. The Bertz CT molecular complexity index is 840. The van der Waals surface area contributed by atoms with Gasteiger partial charge in [-0.25, -0.2) is 13.1 Å². The lowest BCUT2D eigenvalue weighted by molar-refractivity contribution is 0.102. The molecule has 25 heavy (non-hydrogen) atoms. The maximum atomic E-state index is 12.3. The number of benzene rings is 1. The zero-order valence-electron chi connectivity index (χ0n) is 14.6. The summed E-state index contributed by atoms with van der Waals surface area (Å²) in [6.45, 7) is 5.47. The first-order valence-corrected chi connectivity index (χ1v) is 9.21. The van der Waals surface area contributed by atoms with Gasteiger partial charge in [0.25, 0.3) is 5.91 Å². The average molecular weight is 366 g/mol. The van der Waals surface area contributed by atoms with Crippen LogP contribution in [0.15, 0.2) is 39.6 Å². The summed E-state index contributed by atoms with van der Waals surface area (Å²) < 4.78 is 37.3. The fraction of sp³-hybridized carbons (Fsp3) is 0.353. The number of aryl methyl sites for hydroxylation is 2. The van der Waals surface area contributed by atoms with Crippen LogP contribution in [0.3, 0.4) is 0 Å². The Hall–Kier alpha value is -2.16. The van der Waals surface area contributed by atoms with Gasteiger partial charge in [-0.2, -0.15) is 0 Å². The lowest BCUT2D eigenvalue weighted by Crippen LogP contribution is -2.35. The molecule has 136 valence electrons. The normalized spacial score (nSPS) is 12.8. The van der Waals surface area contributed by atoms with E-state index in [0.29, 0.717) is 22.8 Å². The highest BCUT2D eigenvalue weighted by Gasteiger charge is 2.18. The lowest BCUT2D eigenvalue weighted by Gasteiger charge is -2.13. The topological polar surface area (TPSA) is 97.6 Å². The molecule has 1 heterocycles. The van der Waals surface area contributed by atoms with E-state index >= 15 is 0 Å². The number of hydrogen-bond donors (Lipinski definition) is 2. The number of furan rings is 1.